The number of nitrogens with one attached hydrogen (secondary N) is 2. The quantitative estimate of drug-likeness (QED) is 0.253. The number of benzene rings is 1. The van der Waals surface area contributed by atoms with Crippen LogP contribution < -0.4 is 15.8 Å². The number of thioether (sulfide) groups is 1. The first-order chi connectivity index (χ1) is 11.5. The molecule has 0 spiro atoms. The van der Waals surface area contributed by atoms with E-state index in [0.717, 1.165) is 16.2 Å². The van der Waals surface area contributed by atoms with Crippen LogP contribution in [-0.2, 0) is 14.9 Å². The summed E-state index contributed by atoms with van der Waals surface area (Å²) >= 11 is 7.61. The van der Waals surface area contributed by atoms with Gasteiger partial charge in [0.05, 0.1) is 17.8 Å². The number of hydrogen-bond acceptors (Lipinski definition) is 6. The maximum Gasteiger partial charge on any atom is 0.261 e. The molecule has 1 heterocycles. The van der Waals surface area contributed by atoms with Crippen LogP contribution >= 0.6 is 23.4 Å². The van der Waals surface area contributed by atoms with Gasteiger partial charge in [0, 0.05) is 22.6 Å². The molecular formula is C14H18ClN3O5S2. The summed E-state index contributed by atoms with van der Waals surface area (Å²) < 4.78 is 31.6. The van der Waals surface area contributed by atoms with Crippen LogP contribution in [0.5, 0.6) is 5.75 Å². The largest absolute Gasteiger partial charge is 0.491 e. The Morgan fingerprint density at radius 1 is 1.48 bits per heavy atom. The Hall–Kier alpha value is -1.75. The maximum atomic E-state index is 11.9. The van der Waals surface area contributed by atoms with Crippen molar-refractivity contribution >= 4 is 51.4 Å². The van der Waals surface area contributed by atoms with Crippen LogP contribution in [-0.4, -0.2) is 44.0 Å². The average Bonchev–Trinajstić information content (AvgIpc) is 2.66. The Bertz CT molecular complexity index is 801. The Balaban J connectivity index is 0.000000550. The normalized spacial score (nSPS) is 13.2. The van der Waals surface area contributed by atoms with Gasteiger partial charge in [-0.1, -0.05) is 11.6 Å². The van der Waals surface area contributed by atoms with Crippen LogP contribution in [0, 0.1) is 5.41 Å². The van der Waals surface area contributed by atoms with Crippen molar-refractivity contribution in [1.29, 1.82) is 5.41 Å². The second kappa shape index (κ2) is 9.09. The van der Waals surface area contributed by atoms with E-state index in [0.29, 0.717) is 29.9 Å². The summed E-state index contributed by atoms with van der Waals surface area (Å²) in [7, 11) is -3.67. The van der Waals surface area contributed by atoms with Crippen LogP contribution in [0.15, 0.2) is 22.6 Å². The minimum Gasteiger partial charge on any atom is -0.491 e. The van der Waals surface area contributed by atoms with E-state index in [4.69, 9.17) is 32.0 Å². The van der Waals surface area contributed by atoms with Gasteiger partial charge in [0.2, 0.25) is 0 Å². The molecule has 25 heavy (non-hydrogen) atoms. The van der Waals surface area contributed by atoms with E-state index in [1.54, 1.807) is 12.1 Å². The van der Waals surface area contributed by atoms with Crippen LogP contribution in [0.4, 0.5) is 0 Å². The highest BCUT2D eigenvalue weighted by molar-refractivity contribution is 7.98. The molecule has 1 aromatic carbocycles. The van der Waals surface area contributed by atoms with Crippen molar-refractivity contribution in [2.75, 3.05) is 19.1 Å². The lowest BCUT2D eigenvalue weighted by Crippen LogP contribution is -2.36. The van der Waals surface area contributed by atoms with Crippen molar-refractivity contribution in [2.45, 2.75) is 11.3 Å². The molecule has 5 N–H and O–H groups in total. The number of ether oxygens (including phenoxy) is 1. The number of nitrogens with two attached hydrogens (primary N) is 1. The van der Waals surface area contributed by atoms with E-state index in [-0.39, 0.29) is 11.9 Å². The molecule has 0 bridgehead atoms. The average molecular weight is 408 g/mol. The van der Waals surface area contributed by atoms with E-state index >= 15 is 0 Å². The molecule has 138 valence electrons. The van der Waals surface area contributed by atoms with Gasteiger partial charge in [-0.15, -0.1) is 11.8 Å². The standard InChI is InChI=1S/C13H14ClN3O2S.CH4O3S/c1-20-10-6-9(14)5-8-4-7(2-3-19-11(8)10)12(18)17-13(15)16;1-5(2,3)4/h4-6H,2-3H2,1H3,(H4,15,16,17,18);1H3,(H,2,3,4). The monoisotopic (exact) mass is 407 g/mol. The molecule has 1 aliphatic rings. The van der Waals surface area contributed by atoms with Gasteiger partial charge in [-0.2, -0.15) is 8.42 Å². The van der Waals surface area contributed by atoms with Gasteiger partial charge >= 0.3 is 0 Å². The van der Waals surface area contributed by atoms with Gasteiger partial charge in [-0.25, -0.2) is 0 Å². The van der Waals surface area contributed by atoms with Crippen molar-refractivity contribution in [1.82, 2.24) is 5.32 Å². The van der Waals surface area contributed by atoms with E-state index in [2.05, 4.69) is 5.32 Å². The summed E-state index contributed by atoms with van der Waals surface area (Å²) in [4.78, 5) is 12.8. The smallest absolute Gasteiger partial charge is 0.261 e. The first kappa shape index (κ1) is 21.3. The van der Waals surface area contributed by atoms with Gasteiger partial charge in [0.25, 0.3) is 16.0 Å². The number of fused-ring (bicyclic) bond motifs is 1. The molecule has 1 aliphatic heterocycles. The molecule has 0 aromatic heterocycles. The van der Waals surface area contributed by atoms with E-state index in [1.807, 2.05) is 12.3 Å². The molecule has 2 rings (SSSR count). The highest BCUT2D eigenvalue weighted by Gasteiger charge is 2.18. The zero-order valence-corrected chi connectivity index (χ0v) is 15.9. The highest BCUT2D eigenvalue weighted by Crippen LogP contribution is 2.37. The molecule has 11 heteroatoms. The second-order valence-electron chi connectivity index (χ2n) is 4.90. The van der Waals surface area contributed by atoms with Gasteiger partial charge in [0.15, 0.2) is 5.96 Å². The van der Waals surface area contributed by atoms with Crippen molar-refractivity contribution < 1.29 is 22.5 Å². The van der Waals surface area contributed by atoms with Gasteiger partial charge in [-0.3, -0.25) is 20.1 Å². The summed E-state index contributed by atoms with van der Waals surface area (Å²) in [6.45, 7) is 0.388. The fourth-order valence-electron chi connectivity index (χ4n) is 1.91. The number of carbonyl (C=O) groups excluding carboxylic acids is 1. The number of guanidine groups is 1. The van der Waals surface area contributed by atoms with Crippen LogP contribution in [0.3, 0.4) is 0 Å². The Kier molecular flexibility index (Phi) is 7.74. The van der Waals surface area contributed by atoms with Crippen molar-refractivity contribution in [2.24, 2.45) is 5.73 Å². The lowest BCUT2D eigenvalue weighted by Gasteiger charge is -2.11. The van der Waals surface area contributed by atoms with Gasteiger partial charge in [0.1, 0.15) is 5.75 Å². The first-order valence-corrected chi connectivity index (χ1v) is 10.2. The predicted molar refractivity (Wildman–Crippen MR) is 98.9 cm³/mol. The van der Waals surface area contributed by atoms with Crippen LogP contribution in [0.25, 0.3) is 6.08 Å². The number of hydrogen-bond donors (Lipinski definition) is 4. The number of carbonyl (C=O) groups is 1. The lowest BCUT2D eigenvalue weighted by molar-refractivity contribution is -0.116. The molecule has 0 saturated carbocycles. The lowest BCUT2D eigenvalue weighted by atomic mass is 10.1. The van der Waals surface area contributed by atoms with E-state index in [9.17, 15) is 13.2 Å². The Morgan fingerprint density at radius 2 is 2.08 bits per heavy atom. The minimum atomic E-state index is -3.67. The number of rotatable bonds is 2. The fourth-order valence-corrected chi connectivity index (χ4v) is 2.81. The number of halogens is 1. The summed E-state index contributed by atoms with van der Waals surface area (Å²) in [5.74, 6) is -0.0377. The van der Waals surface area contributed by atoms with Crippen molar-refractivity contribution in [3.05, 3.63) is 28.3 Å². The molecule has 0 unspecified atom stereocenters. The van der Waals surface area contributed by atoms with Crippen LogP contribution in [0.2, 0.25) is 5.02 Å². The van der Waals surface area contributed by atoms with E-state index < -0.39 is 10.1 Å². The third-order valence-corrected chi connectivity index (χ3v) is 3.72. The topological polar surface area (TPSA) is 143 Å². The summed E-state index contributed by atoms with van der Waals surface area (Å²) in [6.07, 6.45) is 4.83. The zero-order valence-electron chi connectivity index (χ0n) is 13.5. The molecule has 0 radical (unpaired) electrons. The number of amides is 1. The molecular weight excluding hydrogens is 390 g/mol. The maximum absolute atomic E-state index is 11.9. The second-order valence-corrected chi connectivity index (χ2v) is 7.65. The highest BCUT2D eigenvalue weighted by atomic mass is 35.5. The molecule has 0 fully saturated rings. The Morgan fingerprint density at radius 3 is 2.60 bits per heavy atom. The van der Waals surface area contributed by atoms with Crippen LogP contribution in [0.1, 0.15) is 12.0 Å². The summed E-state index contributed by atoms with van der Waals surface area (Å²) in [5.41, 5.74) is 6.44. The van der Waals surface area contributed by atoms with Gasteiger partial charge in [-0.05, 0) is 24.5 Å². The zero-order chi connectivity index (χ0) is 19.2. The molecule has 1 amide bonds. The van der Waals surface area contributed by atoms with Crippen molar-refractivity contribution in [3.8, 4) is 5.75 Å². The van der Waals surface area contributed by atoms with Crippen molar-refractivity contribution in [3.63, 3.8) is 0 Å². The van der Waals surface area contributed by atoms with E-state index in [1.165, 1.54) is 11.8 Å². The van der Waals surface area contributed by atoms with Gasteiger partial charge < -0.3 is 10.5 Å². The first-order valence-electron chi connectivity index (χ1n) is 6.80. The third kappa shape index (κ3) is 7.78. The third-order valence-electron chi connectivity index (χ3n) is 2.76. The molecule has 0 aliphatic carbocycles. The SMILES string of the molecule is CS(=O)(=O)O.CSc1cc(Cl)cc2c1OCCC(C(=O)NC(=N)N)=C2. The summed E-state index contributed by atoms with van der Waals surface area (Å²) in [6, 6.07) is 3.59. The molecule has 1 aromatic rings. The molecule has 8 nitrogen and oxygen atoms in total. The molecule has 0 atom stereocenters. The minimum absolute atomic E-state index is 0.378. The predicted octanol–water partition coefficient (Wildman–Crippen LogP) is 1.74. The Labute approximate surface area is 155 Å². The fraction of sp³-hybridized carbons (Fsp3) is 0.286. The molecule has 0 saturated heterocycles. The summed E-state index contributed by atoms with van der Waals surface area (Å²) in [5, 5.41) is 9.96.